The van der Waals surface area contributed by atoms with E-state index in [0.717, 1.165) is 20.8 Å². The van der Waals surface area contributed by atoms with Gasteiger partial charge in [0.2, 0.25) is 0 Å². The molecule has 0 radical (unpaired) electrons. The van der Waals surface area contributed by atoms with E-state index in [0.29, 0.717) is 15.1 Å². The van der Waals surface area contributed by atoms with E-state index in [1.807, 2.05) is 30.3 Å². The number of aromatic nitrogens is 1. The molecule has 1 aromatic heterocycles. The van der Waals surface area contributed by atoms with Crippen LogP contribution >= 0.6 is 46.1 Å². The normalized spacial score (nSPS) is 11.1. The van der Waals surface area contributed by atoms with Crippen LogP contribution in [0.1, 0.15) is 0 Å². The summed E-state index contributed by atoms with van der Waals surface area (Å²) in [6.07, 6.45) is 0. The lowest BCUT2D eigenvalue weighted by atomic mass is 10.2. The summed E-state index contributed by atoms with van der Waals surface area (Å²) in [6.45, 7) is 0. The molecule has 0 unspecified atom stereocenters. The lowest BCUT2D eigenvalue weighted by Gasteiger charge is -1.98. The maximum Gasteiger partial charge on any atom is 0.124 e. The van der Waals surface area contributed by atoms with Gasteiger partial charge in [-0.05, 0) is 24.3 Å². The molecule has 0 bridgehead atoms. The van der Waals surface area contributed by atoms with Gasteiger partial charge in [-0.25, -0.2) is 4.98 Å². The molecule has 3 aromatic rings. The molecule has 0 aliphatic carbocycles. The lowest BCUT2D eigenvalue weighted by Crippen LogP contribution is -1.77. The summed E-state index contributed by atoms with van der Waals surface area (Å²) in [5.41, 5.74) is 1.77. The van der Waals surface area contributed by atoms with Crippen LogP contribution in [0.2, 0.25) is 15.1 Å². The Balaban J connectivity index is 2.19. The van der Waals surface area contributed by atoms with Crippen molar-refractivity contribution in [1.82, 2.24) is 4.98 Å². The van der Waals surface area contributed by atoms with E-state index in [9.17, 15) is 0 Å². The molecule has 0 saturated carbocycles. The fourth-order valence-corrected chi connectivity index (χ4v) is 3.23. The van der Waals surface area contributed by atoms with Crippen LogP contribution < -0.4 is 0 Å². The Morgan fingerprint density at radius 2 is 1.72 bits per heavy atom. The van der Waals surface area contributed by atoms with Crippen LogP contribution in [-0.4, -0.2) is 4.98 Å². The van der Waals surface area contributed by atoms with Gasteiger partial charge in [0.05, 0.1) is 19.8 Å². The minimum absolute atomic E-state index is 0.527. The Morgan fingerprint density at radius 3 is 2.44 bits per heavy atom. The summed E-state index contributed by atoms with van der Waals surface area (Å²) in [7, 11) is 0. The number of thiazole rings is 1. The Kier molecular flexibility index (Phi) is 3.20. The van der Waals surface area contributed by atoms with Gasteiger partial charge in [-0.15, -0.1) is 11.3 Å². The van der Waals surface area contributed by atoms with E-state index < -0.39 is 0 Å². The molecule has 0 spiro atoms. The molecule has 5 heteroatoms. The first kappa shape index (κ1) is 12.2. The molecule has 0 fully saturated rings. The van der Waals surface area contributed by atoms with Crippen LogP contribution in [0, 0.1) is 0 Å². The third kappa shape index (κ3) is 2.10. The number of hydrogen-bond donors (Lipinski definition) is 0. The molecule has 0 N–H and O–H groups in total. The molecule has 0 aliphatic heterocycles. The predicted octanol–water partition coefficient (Wildman–Crippen LogP) is 5.92. The van der Waals surface area contributed by atoms with E-state index >= 15 is 0 Å². The highest BCUT2D eigenvalue weighted by atomic mass is 35.5. The summed E-state index contributed by atoms with van der Waals surface area (Å²) in [4.78, 5) is 4.54. The summed E-state index contributed by atoms with van der Waals surface area (Å²) < 4.78 is 1.06. The largest absolute Gasteiger partial charge is 0.234 e. The number of rotatable bonds is 1. The SMILES string of the molecule is Clc1ccc(-c2nc3c(Cl)cccc3s2)cc1Cl. The number of hydrogen-bond acceptors (Lipinski definition) is 2. The number of benzene rings is 2. The van der Waals surface area contributed by atoms with Crippen molar-refractivity contribution in [2.24, 2.45) is 0 Å². The van der Waals surface area contributed by atoms with Crippen LogP contribution in [0.5, 0.6) is 0 Å². The standard InChI is InChI=1S/C13H6Cl3NS/c14-8-5-4-7(6-10(8)16)13-17-12-9(15)2-1-3-11(12)18-13/h1-6H. The van der Waals surface area contributed by atoms with Gasteiger partial charge in [-0.2, -0.15) is 0 Å². The van der Waals surface area contributed by atoms with Gasteiger partial charge in [-0.1, -0.05) is 46.9 Å². The number of fused-ring (bicyclic) bond motifs is 1. The third-order valence-electron chi connectivity index (χ3n) is 2.54. The van der Waals surface area contributed by atoms with Gasteiger partial charge < -0.3 is 0 Å². The summed E-state index contributed by atoms with van der Waals surface area (Å²) in [5.74, 6) is 0. The number of nitrogens with zero attached hydrogens (tertiary/aromatic N) is 1. The van der Waals surface area contributed by atoms with Crippen molar-refractivity contribution >= 4 is 56.4 Å². The Labute approximate surface area is 123 Å². The molecular weight excluding hydrogens is 309 g/mol. The van der Waals surface area contributed by atoms with Crippen molar-refractivity contribution in [3.63, 3.8) is 0 Å². The van der Waals surface area contributed by atoms with Crippen molar-refractivity contribution in [2.75, 3.05) is 0 Å². The van der Waals surface area contributed by atoms with E-state index in [1.165, 1.54) is 0 Å². The van der Waals surface area contributed by atoms with Gasteiger partial charge in [0.25, 0.3) is 0 Å². The van der Waals surface area contributed by atoms with Crippen LogP contribution in [0.25, 0.3) is 20.8 Å². The quantitative estimate of drug-likeness (QED) is 0.543. The Morgan fingerprint density at radius 1 is 0.889 bits per heavy atom. The van der Waals surface area contributed by atoms with Gasteiger partial charge in [0.15, 0.2) is 0 Å². The van der Waals surface area contributed by atoms with Crippen LogP contribution in [0.15, 0.2) is 36.4 Å². The second kappa shape index (κ2) is 4.71. The van der Waals surface area contributed by atoms with E-state index in [2.05, 4.69) is 4.98 Å². The fourth-order valence-electron chi connectivity index (χ4n) is 1.67. The first-order valence-electron chi connectivity index (χ1n) is 5.15. The lowest BCUT2D eigenvalue weighted by molar-refractivity contribution is 1.48. The van der Waals surface area contributed by atoms with Crippen molar-refractivity contribution in [3.8, 4) is 10.6 Å². The maximum atomic E-state index is 6.11. The number of halogens is 3. The highest BCUT2D eigenvalue weighted by molar-refractivity contribution is 7.21. The second-order valence-corrected chi connectivity index (χ2v) is 5.99. The van der Waals surface area contributed by atoms with Crippen LogP contribution in [0.4, 0.5) is 0 Å². The van der Waals surface area contributed by atoms with E-state index in [4.69, 9.17) is 34.8 Å². The molecule has 0 amide bonds. The zero-order valence-electron chi connectivity index (χ0n) is 8.95. The Bertz CT molecular complexity index is 736. The molecule has 1 nitrogen and oxygen atoms in total. The molecular formula is C13H6Cl3NS. The summed E-state index contributed by atoms with van der Waals surface area (Å²) >= 11 is 19.6. The summed E-state index contributed by atoms with van der Waals surface area (Å²) in [6, 6.07) is 11.2. The minimum atomic E-state index is 0.527. The first-order chi connectivity index (χ1) is 8.65. The van der Waals surface area contributed by atoms with Crippen LogP contribution in [-0.2, 0) is 0 Å². The molecule has 1 heterocycles. The smallest absolute Gasteiger partial charge is 0.124 e. The molecule has 2 aromatic carbocycles. The monoisotopic (exact) mass is 313 g/mol. The van der Waals surface area contributed by atoms with Crippen molar-refractivity contribution in [1.29, 1.82) is 0 Å². The topological polar surface area (TPSA) is 12.9 Å². The zero-order valence-corrected chi connectivity index (χ0v) is 12.0. The highest BCUT2D eigenvalue weighted by Gasteiger charge is 2.09. The second-order valence-electron chi connectivity index (χ2n) is 3.73. The van der Waals surface area contributed by atoms with Crippen molar-refractivity contribution in [3.05, 3.63) is 51.5 Å². The van der Waals surface area contributed by atoms with E-state index in [-0.39, 0.29) is 0 Å². The average Bonchev–Trinajstić information content (AvgIpc) is 2.78. The minimum Gasteiger partial charge on any atom is -0.234 e. The third-order valence-corrected chi connectivity index (χ3v) is 4.65. The van der Waals surface area contributed by atoms with Gasteiger partial charge in [-0.3, -0.25) is 0 Å². The van der Waals surface area contributed by atoms with Crippen LogP contribution in [0.3, 0.4) is 0 Å². The van der Waals surface area contributed by atoms with Crippen molar-refractivity contribution in [2.45, 2.75) is 0 Å². The highest BCUT2D eigenvalue weighted by Crippen LogP contribution is 2.35. The Hall–Kier alpha value is -0.800. The van der Waals surface area contributed by atoms with Gasteiger partial charge in [0, 0.05) is 5.56 Å². The predicted molar refractivity (Wildman–Crippen MR) is 80.1 cm³/mol. The van der Waals surface area contributed by atoms with Gasteiger partial charge >= 0.3 is 0 Å². The molecule has 3 rings (SSSR count). The summed E-state index contributed by atoms with van der Waals surface area (Å²) in [5, 5.41) is 2.62. The molecule has 0 saturated heterocycles. The maximum absolute atomic E-state index is 6.11. The molecule has 18 heavy (non-hydrogen) atoms. The molecule has 0 aliphatic rings. The fraction of sp³-hybridized carbons (Fsp3) is 0. The van der Waals surface area contributed by atoms with Crippen molar-refractivity contribution < 1.29 is 0 Å². The number of para-hydroxylation sites is 1. The molecule has 0 atom stereocenters. The van der Waals surface area contributed by atoms with E-state index in [1.54, 1.807) is 17.4 Å². The zero-order chi connectivity index (χ0) is 12.7. The molecule has 90 valence electrons. The van der Waals surface area contributed by atoms with Gasteiger partial charge in [0.1, 0.15) is 10.5 Å². The average molecular weight is 315 g/mol. The first-order valence-corrected chi connectivity index (χ1v) is 7.10.